The Morgan fingerprint density at radius 1 is 1.67 bits per heavy atom. The highest BCUT2D eigenvalue weighted by Crippen LogP contribution is 2.37. The Balaban J connectivity index is 3.00. The highest BCUT2D eigenvalue weighted by molar-refractivity contribution is 5.74. The number of aliphatic carboxylic acids is 1. The first-order valence-corrected chi connectivity index (χ1v) is 2.84. The zero-order chi connectivity index (χ0) is 10.5. The quantitative estimate of drug-likeness (QED) is 0.589. The molecular formula is C7H12O2. The molecule has 52 valence electrons. The van der Waals surface area contributed by atoms with Gasteiger partial charge in [0.05, 0.1) is 5.41 Å². The Labute approximate surface area is 60.5 Å². The standard InChI is InChI=1S/C7H12O2/c1-7(6(8)9)4-2-3-5-7/h2-5H2,1H3,(H,8,9)/i2D2,3D2. The summed E-state index contributed by atoms with van der Waals surface area (Å²) in [5.74, 6) is -1.13. The van der Waals surface area contributed by atoms with Gasteiger partial charge in [-0.2, -0.15) is 0 Å². The van der Waals surface area contributed by atoms with E-state index in [0.717, 1.165) is 0 Å². The van der Waals surface area contributed by atoms with E-state index in [9.17, 15) is 4.79 Å². The molecule has 0 aromatic heterocycles. The third kappa shape index (κ3) is 1.07. The molecule has 2 nitrogen and oxygen atoms in total. The Morgan fingerprint density at radius 2 is 2.11 bits per heavy atom. The molecule has 1 rings (SSSR count). The van der Waals surface area contributed by atoms with Crippen molar-refractivity contribution in [3.8, 4) is 0 Å². The third-order valence-electron chi connectivity index (χ3n) is 1.60. The lowest BCUT2D eigenvalue weighted by Crippen LogP contribution is -2.23. The Hall–Kier alpha value is -0.530. The average molecular weight is 132 g/mol. The van der Waals surface area contributed by atoms with Gasteiger partial charge in [0.15, 0.2) is 0 Å². The lowest BCUT2D eigenvalue weighted by Gasteiger charge is -2.15. The predicted octanol–water partition coefficient (Wildman–Crippen LogP) is 1.65. The van der Waals surface area contributed by atoms with Gasteiger partial charge < -0.3 is 5.11 Å². The summed E-state index contributed by atoms with van der Waals surface area (Å²) in [4.78, 5) is 10.8. The molecule has 0 radical (unpaired) electrons. The number of carboxylic acid groups (broad SMARTS) is 1. The van der Waals surface area contributed by atoms with Crippen molar-refractivity contribution in [1.29, 1.82) is 0 Å². The van der Waals surface area contributed by atoms with Gasteiger partial charge in [-0.25, -0.2) is 0 Å². The van der Waals surface area contributed by atoms with E-state index in [0.29, 0.717) is 0 Å². The van der Waals surface area contributed by atoms with Gasteiger partial charge in [0.2, 0.25) is 0 Å². The highest BCUT2D eigenvalue weighted by Gasteiger charge is 2.35. The first kappa shape index (κ1) is 3.04. The van der Waals surface area contributed by atoms with E-state index >= 15 is 0 Å². The fourth-order valence-corrected chi connectivity index (χ4v) is 0.729. The van der Waals surface area contributed by atoms with Crippen LogP contribution in [0.5, 0.6) is 0 Å². The lowest BCUT2D eigenvalue weighted by molar-refractivity contribution is -0.147. The van der Waals surface area contributed by atoms with E-state index in [1.54, 1.807) is 0 Å². The number of hydrogen-bond acceptors (Lipinski definition) is 1. The van der Waals surface area contributed by atoms with Crippen LogP contribution in [-0.4, -0.2) is 11.1 Å². The molecule has 0 heterocycles. The molecular weight excluding hydrogens is 116 g/mol. The molecule has 2 heteroatoms. The van der Waals surface area contributed by atoms with Crippen molar-refractivity contribution >= 4 is 5.97 Å². The maximum atomic E-state index is 10.8. The molecule has 1 aliphatic rings. The van der Waals surface area contributed by atoms with Gasteiger partial charge in [-0.05, 0) is 19.8 Å². The minimum Gasteiger partial charge on any atom is -0.481 e. The number of rotatable bonds is 1. The lowest BCUT2D eigenvalue weighted by atomic mass is 9.89. The van der Waals surface area contributed by atoms with E-state index in [-0.39, 0.29) is 12.8 Å². The monoisotopic (exact) mass is 132 g/mol. The smallest absolute Gasteiger partial charge is 0.309 e. The summed E-state index contributed by atoms with van der Waals surface area (Å²) in [6.07, 6.45) is -4.61. The molecule has 0 aromatic rings. The Kier molecular flexibility index (Phi) is 0.679. The van der Waals surface area contributed by atoms with Crippen LogP contribution in [-0.2, 0) is 4.79 Å². The van der Waals surface area contributed by atoms with Crippen LogP contribution >= 0.6 is 0 Å². The van der Waals surface area contributed by atoms with Crippen LogP contribution in [0.4, 0.5) is 0 Å². The molecule has 0 bridgehead atoms. The van der Waals surface area contributed by atoms with Crippen molar-refractivity contribution in [2.24, 2.45) is 5.41 Å². The highest BCUT2D eigenvalue weighted by atomic mass is 16.4. The minimum atomic E-state index is -2.04. The zero-order valence-corrected chi connectivity index (χ0v) is 5.27. The largest absolute Gasteiger partial charge is 0.481 e. The maximum absolute atomic E-state index is 10.8. The summed E-state index contributed by atoms with van der Waals surface area (Å²) >= 11 is 0. The normalized spacial score (nSPS) is 41.9. The fourth-order valence-electron chi connectivity index (χ4n) is 0.729. The van der Waals surface area contributed by atoms with E-state index in [4.69, 9.17) is 10.6 Å². The van der Waals surface area contributed by atoms with Crippen molar-refractivity contribution in [1.82, 2.24) is 0 Å². The molecule has 0 atom stereocenters. The molecule has 0 saturated heterocycles. The molecule has 0 aromatic carbocycles. The first-order valence-electron chi connectivity index (χ1n) is 4.84. The van der Waals surface area contributed by atoms with Gasteiger partial charge in [-0.15, -0.1) is 0 Å². The molecule has 1 N–H and O–H groups in total. The summed E-state index contributed by atoms with van der Waals surface area (Å²) in [5, 5.41) is 8.80. The Morgan fingerprint density at radius 3 is 2.33 bits per heavy atom. The van der Waals surface area contributed by atoms with Crippen LogP contribution in [0.2, 0.25) is 0 Å². The SMILES string of the molecule is [2H]C1([2H])CC(C)(C(=O)O)CC1([2H])[2H]. The number of hydrogen-bond donors (Lipinski definition) is 1. The second kappa shape index (κ2) is 2.01. The van der Waals surface area contributed by atoms with E-state index in [1.165, 1.54) is 6.92 Å². The summed E-state index contributed by atoms with van der Waals surface area (Å²) < 4.78 is 29.5. The topological polar surface area (TPSA) is 37.3 Å². The molecule has 1 fully saturated rings. The van der Waals surface area contributed by atoms with Gasteiger partial charge in [-0.1, -0.05) is 12.7 Å². The third-order valence-corrected chi connectivity index (χ3v) is 1.60. The molecule has 9 heavy (non-hydrogen) atoms. The summed E-state index contributed by atoms with van der Waals surface area (Å²) in [6.45, 7) is 1.39. The van der Waals surface area contributed by atoms with Gasteiger partial charge in [0, 0.05) is 5.48 Å². The summed E-state index contributed by atoms with van der Waals surface area (Å²) in [6, 6.07) is 0. The van der Waals surface area contributed by atoms with Crippen LogP contribution in [0.15, 0.2) is 0 Å². The fraction of sp³-hybridized carbons (Fsp3) is 0.857. The second-order valence-electron chi connectivity index (χ2n) is 2.57. The van der Waals surface area contributed by atoms with Gasteiger partial charge in [-0.3, -0.25) is 4.79 Å². The molecule has 0 aliphatic heterocycles. The van der Waals surface area contributed by atoms with Gasteiger partial charge in [0.1, 0.15) is 0 Å². The van der Waals surface area contributed by atoms with Gasteiger partial charge >= 0.3 is 5.97 Å². The average Bonchev–Trinajstić information content (AvgIpc) is 1.97. The summed E-state index contributed by atoms with van der Waals surface area (Å²) in [7, 11) is 0. The predicted molar refractivity (Wildman–Crippen MR) is 34.2 cm³/mol. The first-order chi connectivity index (χ1) is 5.61. The minimum absolute atomic E-state index is 0.262. The van der Waals surface area contributed by atoms with Crippen LogP contribution in [0.3, 0.4) is 0 Å². The summed E-state index contributed by atoms with van der Waals surface area (Å²) in [5.41, 5.74) is -1.27. The van der Waals surface area contributed by atoms with Crippen LogP contribution in [0.1, 0.15) is 38.0 Å². The zero-order valence-electron chi connectivity index (χ0n) is 9.27. The van der Waals surface area contributed by atoms with Crippen LogP contribution in [0.25, 0.3) is 0 Å². The molecule has 1 aliphatic carbocycles. The Bertz CT molecular complexity index is 233. The van der Waals surface area contributed by atoms with Crippen molar-refractivity contribution in [3.63, 3.8) is 0 Å². The second-order valence-corrected chi connectivity index (χ2v) is 2.57. The van der Waals surface area contributed by atoms with E-state index in [1.807, 2.05) is 0 Å². The molecule has 1 saturated carbocycles. The molecule has 0 spiro atoms. The number of carboxylic acids is 1. The van der Waals surface area contributed by atoms with Gasteiger partial charge in [0.25, 0.3) is 0 Å². The van der Waals surface area contributed by atoms with Crippen LogP contribution in [0, 0.1) is 5.41 Å². The van der Waals surface area contributed by atoms with Crippen LogP contribution < -0.4 is 0 Å². The maximum Gasteiger partial charge on any atom is 0.309 e. The van der Waals surface area contributed by atoms with Crippen molar-refractivity contribution < 1.29 is 15.4 Å². The van der Waals surface area contributed by atoms with Crippen molar-refractivity contribution in [2.75, 3.05) is 0 Å². The number of carbonyl (C=O) groups is 1. The van der Waals surface area contributed by atoms with E-state index < -0.39 is 24.1 Å². The molecule has 0 amide bonds. The van der Waals surface area contributed by atoms with Crippen molar-refractivity contribution in [3.05, 3.63) is 0 Å². The van der Waals surface area contributed by atoms with E-state index in [2.05, 4.69) is 0 Å². The molecule has 0 unspecified atom stereocenters. The van der Waals surface area contributed by atoms with Crippen molar-refractivity contribution in [2.45, 2.75) is 32.5 Å².